The number of carbonyl (C=O) groups is 1. The molecule has 2 aromatic carbocycles. The van der Waals surface area contributed by atoms with E-state index >= 15 is 0 Å². The zero-order valence-electron chi connectivity index (χ0n) is 17.5. The lowest BCUT2D eigenvalue weighted by Crippen LogP contribution is -2.51. The van der Waals surface area contributed by atoms with E-state index in [1.807, 2.05) is 41.3 Å². The van der Waals surface area contributed by atoms with Gasteiger partial charge in [0.05, 0.1) is 13.2 Å². The average molecular weight is 415 g/mol. The Labute approximate surface area is 179 Å². The highest BCUT2D eigenvalue weighted by atomic mass is 35.5. The van der Waals surface area contributed by atoms with E-state index in [1.165, 1.54) is 5.56 Å². The fraction of sp³-hybridized carbons (Fsp3) is 0.458. The summed E-state index contributed by atoms with van der Waals surface area (Å²) in [5.74, 6) is 1.78. The van der Waals surface area contributed by atoms with Crippen LogP contribution in [0.2, 0.25) is 5.02 Å². The second kappa shape index (κ2) is 10.1. The molecule has 0 radical (unpaired) electrons. The molecule has 1 fully saturated rings. The molecule has 4 nitrogen and oxygen atoms in total. The minimum absolute atomic E-state index is 0.177. The third-order valence-corrected chi connectivity index (χ3v) is 6.02. The summed E-state index contributed by atoms with van der Waals surface area (Å²) in [7, 11) is 1.66. The second-order valence-corrected chi connectivity index (χ2v) is 8.54. The first-order valence-corrected chi connectivity index (χ1v) is 10.8. The van der Waals surface area contributed by atoms with Gasteiger partial charge in [0.15, 0.2) is 0 Å². The maximum atomic E-state index is 13.2. The van der Waals surface area contributed by atoms with Gasteiger partial charge in [-0.3, -0.25) is 4.79 Å². The van der Waals surface area contributed by atoms with Crippen LogP contribution in [0.1, 0.15) is 43.7 Å². The molecule has 0 spiro atoms. The second-order valence-electron chi connectivity index (χ2n) is 8.10. The number of rotatable bonds is 7. The zero-order chi connectivity index (χ0) is 20.8. The van der Waals surface area contributed by atoms with Crippen LogP contribution in [0, 0.1) is 5.92 Å². The summed E-state index contributed by atoms with van der Waals surface area (Å²) < 4.78 is 5.21. The van der Waals surface area contributed by atoms with Gasteiger partial charge in [0.2, 0.25) is 5.91 Å². The number of carbonyl (C=O) groups excluding carboxylic acids is 1. The van der Waals surface area contributed by atoms with Crippen molar-refractivity contribution in [1.82, 2.24) is 10.2 Å². The third-order valence-electron chi connectivity index (χ3n) is 5.77. The van der Waals surface area contributed by atoms with E-state index in [9.17, 15) is 4.79 Å². The number of nitrogens with zero attached hydrogens (tertiary/aromatic N) is 1. The van der Waals surface area contributed by atoms with Crippen LogP contribution in [-0.4, -0.2) is 37.0 Å². The van der Waals surface area contributed by atoms with Crippen LogP contribution in [-0.2, 0) is 11.3 Å². The highest BCUT2D eigenvalue weighted by Crippen LogP contribution is 2.29. The Balaban J connectivity index is 1.55. The molecule has 0 saturated carbocycles. The Bertz CT molecular complexity index is 782. The van der Waals surface area contributed by atoms with Gasteiger partial charge in [-0.05, 0) is 60.1 Å². The van der Waals surface area contributed by atoms with Gasteiger partial charge >= 0.3 is 0 Å². The molecule has 0 aliphatic carbocycles. The Hall–Kier alpha value is -2.04. The summed E-state index contributed by atoms with van der Waals surface area (Å²) >= 11 is 6.00. The molecule has 1 heterocycles. The fourth-order valence-corrected chi connectivity index (χ4v) is 4.07. The number of amides is 1. The number of piperidine rings is 1. The number of ether oxygens (including phenoxy) is 1. The smallest absolute Gasteiger partial charge is 0.239 e. The van der Waals surface area contributed by atoms with Gasteiger partial charge in [0, 0.05) is 24.7 Å². The van der Waals surface area contributed by atoms with Crippen LogP contribution in [0.4, 0.5) is 0 Å². The minimum atomic E-state index is -0.177. The summed E-state index contributed by atoms with van der Waals surface area (Å²) in [5.41, 5.74) is 2.46. The lowest BCUT2D eigenvalue weighted by atomic mass is 9.89. The molecule has 1 atom stereocenters. The summed E-state index contributed by atoms with van der Waals surface area (Å²) in [6.07, 6.45) is 1.99. The molecule has 5 heteroatoms. The third kappa shape index (κ3) is 5.74. The summed E-state index contributed by atoms with van der Waals surface area (Å²) in [5, 5.41) is 4.24. The van der Waals surface area contributed by atoms with Crippen LogP contribution in [0.25, 0.3) is 0 Å². The Kier molecular flexibility index (Phi) is 7.57. The van der Waals surface area contributed by atoms with Crippen molar-refractivity contribution in [2.45, 2.75) is 45.2 Å². The summed E-state index contributed by atoms with van der Waals surface area (Å²) in [4.78, 5) is 15.2. The predicted molar refractivity (Wildman–Crippen MR) is 118 cm³/mol. The van der Waals surface area contributed by atoms with Crippen molar-refractivity contribution in [3.05, 3.63) is 64.7 Å². The SMILES string of the molecule is COc1ccc(CNC(C(=O)N2CCC(c3ccc(Cl)cc3)CC2)C(C)C)cc1. The van der Waals surface area contributed by atoms with Gasteiger partial charge in [-0.2, -0.15) is 0 Å². The quantitative estimate of drug-likeness (QED) is 0.702. The van der Waals surface area contributed by atoms with Crippen molar-refractivity contribution in [3.8, 4) is 5.75 Å². The first-order valence-electron chi connectivity index (χ1n) is 10.4. The lowest BCUT2D eigenvalue weighted by Gasteiger charge is -2.35. The van der Waals surface area contributed by atoms with Gasteiger partial charge in [-0.25, -0.2) is 0 Å². The molecule has 0 bridgehead atoms. The van der Waals surface area contributed by atoms with Crippen LogP contribution < -0.4 is 10.1 Å². The summed E-state index contributed by atoms with van der Waals surface area (Å²) in [6.45, 7) is 6.48. The largest absolute Gasteiger partial charge is 0.497 e. The molecule has 1 aliphatic heterocycles. The predicted octanol–water partition coefficient (Wildman–Crippen LogP) is 4.87. The van der Waals surface area contributed by atoms with Crippen molar-refractivity contribution in [3.63, 3.8) is 0 Å². The van der Waals surface area contributed by atoms with Gasteiger partial charge in [0.25, 0.3) is 0 Å². The van der Waals surface area contributed by atoms with Crippen molar-refractivity contribution in [2.75, 3.05) is 20.2 Å². The molecule has 1 aliphatic rings. The van der Waals surface area contributed by atoms with Crippen molar-refractivity contribution >= 4 is 17.5 Å². The maximum absolute atomic E-state index is 13.2. The molecule has 1 amide bonds. The first kappa shape index (κ1) is 21.7. The lowest BCUT2D eigenvalue weighted by molar-refractivity contribution is -0.135. The molecular weight excluding hydrogens is 384 g/mol. The number of methoxy groups -OCH3 is 1. The van der Waals surface area contributed by atoms with E-state index in [0.29, 0.717) is 12.5 Å². The average Bonchev–Trinajstić information content (AvgIpc) is 2.74. The maximum Gasteiger partial charge on any atom is 0.239 e. The van der Waals surface area contributed by atoms with E-state index in [-0.39, 0.29) is 17.9 Å². The van der Waals surface area contributed by atoms with Crippen LogP contribution >= 0.6 is 11.6 Å². The highest BCUT2D eigenvalue weighted by Gasteiger charge is 2.30. The summed E-state index contributed by atoms with van der Waals surface area (Å²) in [6, 6.07) is 15.9. The number of halogens is 1. The van der Waals surface area contributed by atoms with E-state index in [2.05, 4.69) is 31.3 Å². The van der Waals surface area contributed by atoms with Crippen molar-refractivity contribution in [2.24, 2.45) is 5.92 Å². The number of benzene rings is 2. The Morgan fingerprint density at radius 3 is 2.28 bits per heavy atom. The van der Waals surface area contributed by atoms with Crippen LogP contribution in [0.5, 0.6) is 5.75 Å². The number of likely N-dealkylation sites (tertiary alicyclic amines) is 1. The van der Waals surface area contributed by atoms with Gasteiger partial charge < -0.3 is 15.0 Å². The van der Waals surface area contributed by atoms with E-state index in [1.54, 1.807) is 7.11 Å². The molecule has 1 N–H and O–H groups in total. The molecule has 3 rings (SSSR count). The fourth-order valence-electron chi connectivity index (χ4n) is 3.94. The van der Waals surface area contributed by atoms with Gasteiger partial charge in [-0.15, -0.1) is 0 Å². The normalized spacial score (nSPS) is 16.1. The standard InChI is InChI=1S/C24H31ClN2O2/c1-17(2)23(26-16-18-4-10-22(29-3)11-5-18)24(28)27-14-12-20(13-15-27)19-6-8-21(25)9-7-19/h4-11,17,20,23,26H,12-16H2,1-3H3. The molecule has 0 aromatic heterocycles. The van der Waals surface area contributed by atoms with Gasteiger partial charge in [0.1, 0.15) is 5.75 Å². The monoisotopic (exact) mass is 414 g/mol. The van der Waals surface area contributed by atoms with Gasteiger partial charge in [-0.1, -0.05) is 49.7 Å². The number of hydrogen-bond acceptors (Lipinski definition) is 3. The minimum Gasteiger partial charge on any atom is -0.497 e. The molecule has 2 aromatic rings. The Morgan fingerprint density at radius 1 is 1.10 bits per heavy atom. The van der Waals surface area contributed by atoms with Crippen molar-refractivity contribution in [1.29, 1.82) is 0 Å². The highest BCUT2D eigenvalue weighted by molar-refractivity contribution is 6.30. The Morgan fingerprint density at radius 2 is 1.72 bits per heavy atom. The van der Waals surface area contributed by atoms with E-state index in [4.69, 9.17) is 16.3 Å². The molecule has 29 heavy (non-hydrogen) atoms. The molecule has 1 saturated heterocycles. The zero-order valence-corrected chi connectivity index (χ0v) is 18.3. The number of hydrogen-bond donors (Lipinski definition) is 1. The first-order chi connectivity index (χ1) is 14.0. The topological polar surface area (TPSA) is 41.6 Å². The molecule has 1 unspecified atom stereocenters. The van der Waals surface area contributed by atoms with Crippen LogP contribution in [0.3, 0.4) is 0 Å². The molecule has 156 valence electrons. The van der Waals surface area contributed by atoms with Crippen molar-refractivity contribution < 1.29 is 9.53 Å². The number of nitrogens with one attached hydrogen (secondary N) is 1. The molecular formula is C24H31ClN2O2. The van der Waals surface area contributed by atoms with E-state index in [0.717, 1.165) is 42.3 Å². The van der Waals surface area contributed by atoms with E-state index < -0.39 is 0 Å². The van der Waals surface area contributed by atoms with Crippen LogP contribution in [0.15, 0.2) is 48.5 Å².